The first-order valence-corrected chi connectivity index (χ1v) is 7.08. The second-order valence-corrected chi connectivity index (χ2v) is 5.55. The lowest BCUT2D eigenvalue weighted by Gasteiger charge is -2.17. The summed E-state index contributed by atoms with van der Waals surface area (Å²) >= 11 is 5.87. The number of halogens is 1. The van der Waals surface area contributed by atoms with Crippen molar-refractivity contribution in [3.8, 4) is 11.3 Å². The number of hydrogen-bond donors (Lipinski definition) is 2. The number of carboxylic acid groups (broad SMARTS) is 1. The van der Waals surface area contributed by atoms with E-state index in [0.717, 1.165) is 12.8 Å². The highest BCUT2D eigenvalue weighted by Gasteiger charge is 2.32. The topological polar surface area (TPSA) is 88.2 Å². The molecular formula is C14H14ClN3O3. The fourth-order valence-electron chi connectivity index (χ4n) is 2.75. The predicted molar refractivity (Wildman–Crippen MR) is 76.3 cm³/mol. The Labute approximate surface area is 126 Å². The Balaban J connectivity index is 2.13. The highest BCUT2D eigenvalue weighted by atomic mass is 35.5. The largest absolute Gasteiger partial charge is 0.476 e. The van der Waals surface area contributed by atoms with Crippen molar-refractivity contribution in [3.05, 3.63) is 35.0 Å². The molecule has 0 radical (unpaired) electrons. The fourth-order valence-corrected chi connectivity index (χ4v) is 2.88. The predicted octanol–water partition coefficient (Wildman–Crippen LogP) is 2.38. The van der Waals surface area contributed by atoms with Gasteiger partial charge in [0.15, 0.2) is 5.69 Å². The maximum absolute atomic E-state index is 11.4. The van der Waals surface area contributed by atoms with E-state index >= 15 is 0 Å². The molecule has 1 aromatic heterocycles. The summed E-state index contributed by atoms with van der Waals surface area (Å²) < 4.78 is 1.53. The van der Waals surface area contributed by atoms with Crippen LogP contribution in [0.25, 0.3) is 11.3 Å². The van der Waals surface area contributed by atoms with Gasteiger partial charge in [0.25, 0.3) is 0 Å². The second-order valence-electron chi connectivity index (χ2n) is 5.11. The molecule has 1 heterocycles. The molecule has 7 heteroatoms. The number of aliphatic hydroxyl groups excluding tert-OH is 1. The monoisotopic (exact) mass is 307 g/mol. The van der Waals surface area contributed by atoms with Crippen molar-refractivity contribution in [1.82, 2.24) is 15.0 Å². The second kappa shape index (κ2) is 5.46. The number of aromatic nitrogens is 3. The summed E-state index contributed by atoms with van der Waals surface area (Å²) in [4.78, 5) is 11.4. The van der Waals surface area contributed by atoms with Crippen molar-refractivity contribution < 1.29 is 15.0 Å². The number of carboxylic acids is 1. The van der Waals surface area contributed by atoms with Crippen LogP contribution < -0.4 is 0 Å². The first kappa shape index (κ1) is 14.0. The first-order valence-electron chi connectivity index (χ1n) is 6.70. The molecule has 1 saturated carbocycles. The van der Waals surface area contributed by atoms with E-state index in [9.17, 15) is 15.0 Å². The van der Waals surface area contributed by atoms with Gasteiger partial charge in [0.2, 0.25) is 0 Å². The maximum Gasteiger partial charge on any atom is 0.358 e. The van der Waals surface area contributed by atoms with Crippen molar-refractivity contribution in [2.75, 3.05) is 0 Å². The number of aromatic carboxylic acids is 1. The van der Waals surface area contributed by atoms with Gasteiger partial charge in [0.1, 0.15) is 5.69 Å². The van der Waals surface area contributed by atoms with E-state index < -0.39 is 12.1 Å². The van der Waals surface area contributed by atoms with Gasteiger partial charge < -0.3 is 10.2 Å². The normalized spacial score (nSPS) is 21.6. The summed E-state index contributed by atoms with van der Waals surface area (Å²) in [6.45, 7) is 0. The molecule has 0 aliphatic heterocycles. The maximum atomic E-state index is 11.4. The molecule has 1 aliphatic carbocycles. The summed E-state index contributed by atoms with van der Waals surface area (Å²) in [5.74, 6) is -1.14. The standard InChI is InChI=1S/C14H14ClN3O3/c15-9-6-4-8(5-7-9)13-12(14(20)21)16-17-18(13)10-2-1-3-11(10)19/h4-7,10-11,19H,1-3H2,(H,20,21). The lowest BCUT2D eigenvalue weighted by atomic mass is 10.1. The molecule has 0 saturated heterocycles. The summed E-state index contributed by atoms with van der Waals surface area (Å²) in [5, 5.41) is 27.6. The third-order valence-electron chi connectivity index (χ3n) is 3.77. The van der Waals surface area contributed by atoms with E-state index in [0.29, 0.717) is 22.7 Å². The van der Waals surface area contributed by atoms with E-state index in [1.807, 2.05) is 0 Å². The number of benzene rings is 1. The van der Waals surface area contributed by atoms with Crippen LogP contribution in [0.4, 0.5) is 0 Å². The molecule has 0 amide bonds. The van der Waals surface area contributed by atoms with Gasteiger partial charge in [0.05, 0.1) is 12.1 Å². The van der Waals surface area contributed by atoms with Crippen LogP contribution in [-0.2, 0) is 0 Å². The van der Waals surface area contributed by atoms with Crippen molar-refractivity contribution in [3.63, 3.8) is 0 Å². The fraction of sp³-hybridized carbons (Fsp3) is 0.357. The molecule has 2 aromatic rings. The minimum atomic E-state index is -1.14. The van der Waals surface area contributed by atoms with Crippen molar-refractivity contribution in [1.29, 1.82) is 0 Å². The van der Waals surface area contributed by atoms with Gasteiger partial charge in [-0.1, -0.05) is 28.9 Å². The average molecular weight is 308 g/mol. The molecule has 2 atom stereocenters. The lowest BCUT2D eigenvalue weighted by molar-refractivity contribution is 0.0691. The molecule has 1 aromatic carbocycles. The Hall–Kier alpha value is -1.92. The van der Waals surface area contributed by atoms with Crippen LogP contribution in [0.5, 0.6) is 0 Å². The van der Waals surface area contributed by atoms with E-state index in [2.05, 4.69) is 10.3 Å². The molecule has 6 nitrogen and oxygen atoms in total. The van der Waals surface area contributed by atoms with Crippen LogP contribution >= 0.6 is 11.6 Å². The first-order chi connectivity index (χ1) is 10.1. The smallest absolute Gasteiger partial charge is 0.358 e. The Kier molecular flexibility index (Phi) is 3.65. The number of carbonyl (C=O) groups is 1. The molecule has 110 valence electrons. The van der Waals surface area contributed by atoms with Gasteiger partial charge in [-0.25, -0.2) is 9.48 Å². The van der Waals surface area contributed by atoms with E-state index in [1.165, 1.54) is 4.68 Å². The van der Waals surface area contributed by atoms with Crippen LogP contribution in [0.2, 0.25) is 5.02 Å². The number of rotatable bonds is 3. The molecule has 21 heavy (non-hydrogen) atoms. The van der Waals surface area contributed by atoms with Crippen LogP contribution in [0.1, 0.15) is 35.8 Å². The zero-order valence-corrected chi connectivity index (χ0v) is 11.9. The SMILES string of the molecule is O=C(O)c1nnn(C2CCCC2O)c1-c1ccc(Cl)cc1. The highest BCUT2D eigenvalue weighted by Crippen LogP contribution is 2.34. The van der Waals surface area contributed by atoms with Crippen molar-refractivity contribution in [2.45, 2.75) is 31.4 Å². The molecule has 0 spiro atoms. The van der Waals surface area contributed by atoms with E-state index in [1.54, 1.807) is 24.3 Å². The van der Waals surface area contributed by atoms with Gasteiger partial charge in [-0.2, -0.15) is 0 Å². The van der Waals surface area contributed by atoms with Crippen LogP contribution in [0, 0.1) is 0 Å². The summed E-state index contributed by atoms with van der Waals surface area (Å²) in [5.41, 5.74) is 0.961. The molecule has 1 fully saturated rings. The molecule has 0 bridgehead atoms. The van der Waals surface area contributed by atoms with Crippen molar-refractivity contribution >= 4 is 17.6 Å². The zero-order valence-electron chi connectivity index (χ0n) is 11.1. The Morgan fingerprint density at radius 3 is 2.57 bits per heavy atom. The molecule has 3 rings (SSSR count). The van der Waals surface area contributed by atoms with Crippen molar-refractivity contribution in [2.24, 2.45) is 0 Å². The van der Waals surface area contributed by atoms with Gasteiger partial charge in [-0.05, 0) is 31.4 Å². The van der Waals surface area contributed by atoms with Crippen LogP contribution in [-0.4, -0.2) is 37.3 Å². The van der Waals surface area contributed by atoms with Crippen LogP contribution in [0.15, 0.2) is 24.3 Å². The number of nitrogens with zero attached hydrogens (tertiary/aromatic N) is 3. The minimum Gasteiger partial charge on any atom is -0.476 e. The molecule has 2 N–H and O–H groups in total. The zero-order chi connectivity index (χ0) is 15.0. The summed E-state index contributed by atoms with van der Waals surface area (Å²) in [6, 6.07) is 6.59. The van der Waals surface area contributed by atoms with Gasteiger partial charge in [-0.3, -0.25) is 0 Å². The lowest BCUT2D eigenvalue weighted by Crippen LogP contribution is -2.20. The van der Waals surface area contributed by atoms with E-state index in [4.69, 9.17) is 11.6 Å². The Morgan fingerprint density at radius 1 is 1.29 bits per heavy atom. The number of aliphatic hydroxyl groups is 1. The Morgan fingerprint density at radius 2 is 2.00 bits per heavy atom. The molecule has 1 aliphatic rings. The van der Waals surface area contributed by atoms with Gasteiger partial charge in [-0.15, -0.1) is 5.10 Å². The van der Waals surface area contributed by atoms with E-state index in [-0.39, 0.29) is 11.7 Å². The quantitative estimate of drug-likeness (QED) is 0.909. The molecular weight excluding hydrogens is 294 g/mol. The third kappa shape index (κ3) is 2.52. The van der Waals surface area contributed by atoms with Gasteiger partial charge >= 0.3 is 5.97 Å². The third-order valence-corrected chi connectivity index (χ3v) is 4.02. The summed E-state index contributed by atoms with van der Waals surface area (Å²) in [6.07, 6.45) is 1.80. The number of hydrogen-bond acceptors (Lipinski definition) is 4. The van der Waals surface area contributed by atoms with Gasteiger partial charge in [0, 0.05) is 10.6 Å². The molecule has 2 unspecified atom stereocenters. The minimum absolute atomic E-state index is 0.114. The highest BCUT2D eigenvalue weighted by molar-refractivity contribution is 6.30. The summed E-state index contributed by atoms with van der Waals surface area (Å²) in [7, 11) is 0. The Bertz CT molecular complexity index is 669. The van der Waals surface area contributed by atoms with Crippen LogP contribution in [0.3, 0.4) is 0 Å². The average Bonchev–Trinajstić information content (AvgIpc) is 3.05.